The van der Waals surface area contributed by atoms with Crippen LogP contribution in [-0.4, -0.2) is 18.0 Å². The molecule has 0 aromatic rings. The van der Waals surface area contributed by atoms with E-state index >= 15 is 0 Å². The summed E-state index contributed by atoms with van der Waals surface area (Å²) < 4.78 is 0. The molecular weight excluding hydrogens is 176 g/mol. The van der Waals surface area contributed by atoms with E-state index in [2.05, 4.69) is 19.2 Å². The lowest BCUT2D eigenvalue weighted by atomic mass is 9.73. The highest BCUT2D eigenvalue weighted by Gasteiger charge is 2.42. The monoisotopic (exact) mass is 198 g/mol. The van der Waals surface area contributed by atoms with Gasteiger partial charge in [0.2, 0.25) is 5.91 Å². The maximum Gasteiger partial charge on any atom is 0.238 e. The highest BCUT2D eigenvalue weighted by atomic mass is 16.1. The number of rotatable bonds is 4. The van der Waals surface area contributed by atoms with Crippen LogP contribution >= 0.6 is 0 Å². The second-order valence-corrected chi connectivity index (χ2v) is 4.41. The van der Waals surface area contributed by atoms with Crippen molar-refractivity contribution < 1.29 is 4.79 Å². The molecule has 0 aromatic heterocycles. The van der Waals surface area contributed by atoms with Crippen molar-refractivity contribution in [1.29, 1.82) is 0 Å². The first-order valence-electron chi connectivity index (χ1n) is 5.68. The van der Waals surface area contributed by atoms with E-state index in [1.165, 1.54) is 6.42 Å². The van der Waals surface area contributed by atoms with E-state index in [4.69, 9.17) is 5.73 Å². The molecule has 1 fully saturated rings. The van der Waals surface area contributed by atoms with Crippen LogP contribution in [0.2, 0.25) is 0 Å². The first kappa shape index (κ1) is 11.5. The topological polar surface area (TPSA) is 55.1 Å². The number of carbonyl (C=O) groups excluding carboxylic acids is 1. The SMILES string of the molecule is CCCNC1(C(N)=O)CCCCC1C. The maximum absolute atomic E-state index is 11.6. The molecule has 0 bridgehead atoms. The second kappa shape index (κ2) is 4.78. The summed E-state index contributed by atoms with van der Waals surface area (Å²) in [5.74, 6) is 0.207. The summed E-state index contributed by atoms with van der Waals surface area (Å²) in [7, 11) is 0. The van der Waals surface area contributed by atoms with E-state index < -0.39 is 5.54 Å². The standard InChI is InChI=1S/C11H22N2O/c1-3-8-13-11(10(12)14)7-5-4-6-9(11)2/h9,13H,3-8H2,1-2H3,(H2,12,14). The minimum atomic E-state index is -0.422. The fourth-order valence-corrected chi connectivity index (χ4v) is 2.41. The summed E-state index contributed by atoms with van der Waals surface area (Å²) in [6.45, 7) is 5.12. The van der Waals surface area contributed by atoms with Gasteiger partial charge < -0.3 is 11.1 Å². The molecule has 2 unspecified atom stereocenters. The smallest absolute Gasteiger partial charge is 0.238 e. The molecule has 1 rings (SSSR count). The number of primary amides is 1. The Morgan fingerprint density at radius 1 is 1.57 bits per heavy atom. The van der Waals surface area contributed by atoms with Crippen LogP contribution in [0.4, 0.5) is 0 Å². The van der Waals surface area contributed by atoms with Crippen molar-refractivity contribution in [3.8, 4) is 0 Å². The van der Waals surface area contributed by atoms with Crippen molar-refractivity contribution >= 4 is 5.91 Å². The van der Waals surface area contributed by atoms with E-state index in [9.17, 15) is 4.79 Å². The Morgan fingerprint density at radius 3 is 2.79 bits per heavy atom. The fourth-order valence-electron chi connectivity index (χ4n) is 2.41. The average molecular weight is 198 g/mol. The van der Waals surface area contributed by atoms with Crippen LogP contribution < -0.4 is 11.1 Å². The molecule has 1 aliphatic rings. The normalized spacial score (nSPS) is 32.9. The van der Waals surface area contributed by atoms with Gasteiger partial charge in [-0.15, -0.1) is 0 Å². The van der Waals surface area contributed by atoms with E-state index in [0.29, 0.717) is 5.92 Å². The molecule has 1 aliphatic carbocycles. The van der Waals surface area contributed by atoms with Crippen LogP contribution in [0.5, 0.6) is 0 Å². The predicted molar refractivity (Wildman–Crippen MR) is 57.9 cm³/mol. The van der Waals surface area contributed by atoms with Crippen molar-refractivity contribution in [3.05, 3.63) is 0 Å². The quantitative estimate of drug-likeness (QED) is 0.718. The van der Waals surface area contributed by atoms with Gasteiger partial charge in [0.05, 0.1) is 0 Å². The molecule has 14 heavy (non-hydrogen) atoms. The lowest BCUT2D eigenvalue weighted by Gasteiger charge is -2.40. The van der Waals surface area contributed by atoms with Crippen LogP contribution in [0.1, 0.15) is 46.0 Å². The van der Waals surface area contributed by atoms with Gasteiger partial charge in [0.1, 0.15) is 5.54 Å². The minimum Gasteiger partial charge on any atom is -0.368 e. The van der Waals surface area contributed by atoms with Crippen LogP contribution in [0.15, 0.2) is 0 Å². The molecule has 3 nitrogen and oxygen atoms in total. The summed E-state index contributed by atoms with van der Waals surface area (Å²) in [6, 6.07) is 0. The number of amides is 1. The zero-order valence-corrected chi connectivity index (χ0v) is 9.31. The van der Waals surface area contributed by atoms with Crippen molar-refractivity contribution in [2.45, 2.75) is 51.5 Å². The number of nitrogens with one attached hydrogen (secondary N) is 1. The average Bonchev–Trinajstić information content (AvgIpc) is 2.16. The summed E-state index contributed by atoms with van der Waals surface area (Å²) in [6.07, 6.45) is 5.40. The largest absolute Gasteiger partial charge is 0.368 e. The third-order valence-electron chi connectivity index (χ3n) is 3.43. The lowest BCUT2D eigenvalue weighted by molar-refractivity contribution is -0.127. The maximum atomic E-state index is 11.6. The molecule has 0 aromatic carbocycles. The molecule has 2 atom stereocenters. The number of carbonyl (C=O) groups is 1. The van der Waals surface area contributed by atoms with Gasteiger partial charge in [-0.2, -0.15) is 0 Å². The molecule has 0 saturated heterocycles. The van der Waals surface area contributed by atoms with E-state index in [1.54, 1.807) is 0 Å². The van der Waals surface area contributed by atoms with Crippen molar-refractivity contribution in [2.75, 3.05) is 6.54 Å². The Labute approximate surface area is 86.4 Å². The molecule has 0 heterocycles. The minimum absolute atomic E-state index is 0.168. The van der Waals surface area contributed by atoms with Gasteiger partial charge in [-0.1, -0.05) is 26.7 Å². The van der Waals surface area contributed by atoms with Crippen LogP contribution in [-0.2, 0) is 4.79 Å². The van der Waals surface area contributed by atoms with Gasteiger partial charge in [0.15, 0.2) is 0 Å². The Balaban J connectivity index is 2.72. The molecule has 0 spiro atoms. The molecule has 1 saturated carbocycles. The Morgan fingerprint density at radius 2 is 2.29 bits per heavy atom. The molecule has 3 heteroatoms. The first-order chi connectivity index (χ1) is 6.63. The van der Waals surface area contributed by atoms with Gasteiger partial charge in [0, 0.05) is 0 Å². The summed E-state index contributed by atoms with van der Waals surface area (Å²) in [4.78, 5) is 11.6. The fraction of sp³-hybridized carbons (Fsp3) is 0.909. The Bertz CT molecular complexity index is 205. The molecule has 82 valence electrons. The van der Waals surface area contributed by atoms with Crippen molar-refractivity contribution in [3.63, 3.8) is 0 Å². The molecular formula is C11H22N2O. The van der Waals surface area contributed by atoms with Crippen LogP contribution in [0.3, 0.4) is 0 Å². The Hall–Kier alpha value is -0.570. The third kappa shape index (κ3) is 2.08. The zero-order valence-electron chi connectivity index (χ0n) is 9.31. The van der Waals surface area contributed by atoms with E-state index in [1.807, 2.05) is 0 Å². The second-order valence-electron chi connectivity index (χ2n) is 4.41. The highest BCUT2D eigenvalue weighted by Crippen LogP contribution is 2.33. The first-order valence-corrected chi connectivity index (χ1v) is 5.68. The van der Waals surface area contributed by atoms with E-state index in [-0.39, 0.29) is 5.91 Å². The Kier molecular flexibility index (Phi) is 3.93. The highest BCUT2D eigenvalue weighted by molar-refractivity contribution is 5.85. The number of hydrogen-bond donors (Lipinski definition) is 2. The molecule has 0 aliphatic heterocycles. The zero-order chi connectivity index (χ0) is 10.6. The lowest BCUT2D eigenvalue weighted by Crippen LogP contribution is -2.61. The van der Waals surface area contributed by atoms with Crippen LogP contribution in [0.25, 0.3) is 0 Å². The molecule has 0 radical (unpaired) electrons. The predicted octanol–water partition coefficient (Wildman–Crippen LogP) is 1.42. The van der Waals surface area contributed by atoms with Crippen molar-refractivity contribution in [1.82, 2.24) is 5.32 Å². The summed E-state index contributed by atoms with van der Waals surface area (Å²) in [5, 5.41) is 3.36. The summed E-state index contributed by atoms with van der Waals surface area (Å²) in [5.41, 5.74) is 5.11. The van der Waals surface area contributed by atoms with Crippen LogP contribution in [0, 0.1) is 5.92 Å². The van der Waals surface area contributed by atoms with Crippen molar-refractivity contribution in [2.24, 2.45) is 11.7 Å². The molecule has 1 amide bonds. The van der Waals surface area contributed by atoms with Gasteiger partial charge in [-0.3, -0.25) is 4.79 Å². The number of nitrogens with two attached hydrogens (primary N) is 1. The summed E-state index contributed by atoms with van der Waals surface area (Å²) >= 11 is 0. The van der Waals surface area contributed by atoms with Gasteiger partial charge in [-0.25, -0.2) is 0 Å². The number of hydrogen-bond acceptors (Lipinski definition) is 2. The van der Waals surface area contributed by atoms with Gasteiger partial charge in [-0.05, 0) is 31.7 Å². The van der Waals surface area contributed by atoms with Gasteiger partial charge in [0.25, 0.3) is 0 Å². The molecule has 3 N–H and O–H groups in total. The van der Waals surface area contributed by atoms with Gasteiger partial charge >= 0.3 is 0 Å². The third-order valence-corrected chi connectivity index (χ3v) is 3.43. The van der Waals surface area contributed by atoms with E-state index in [0.717, 1.165) is 32.2 Å².